The Morgan fingerprint density at radius 1 is 1.11 bits per heavy atom. The summed E-state index contributed by atoms with van der Waals surface area (Å²) in [7, 11) is -4.20. The Morgan fingerprint density at radius 2 is 1.86 bits per heavy atom. The number of anilines is 2. The van der Waals surface area contributed by atoms with E-state index >= 15 is 0 Å². The third kappa shape index (κ3) is 4.62. The second-order valence-electron chi connectivity index (χ2n) is 7.93. The van der Waals surface area contributed by atoms with Crippen molar-refractivity contribution in [3.05, 3.63) is 93.3 Å². The molecule has 4 aromatic rings. The first-order valence-electron chi connectivity index (χ1n) is 10.7. The van der Waals surface area contributed by atoms with Crippen LogP contribution in [-0.4, -0.2) is 23.9 Å². The number of hydrogen-bond donors (Lipinski definition) is 3. The zero-order chi connectivity index (χ0) is 26.2. The van der Waals surface area contributed by atoms with Crippen LogP contribution in [0.5, 0.6) is 0 Å². The number of nitrogens with two attached hydrogens (primary N) is 2. The number of nitrogen functional groups attached to an aromatic ring is 1. The Kier molecular flexibility index (Phi) is 6.46. The van der Waals surface area contributed by atoms with Crippen LogP contribution in [0.1, 0.15) is 28.5 Å². The number of hydrogen-bond acceptors (Lipinski definition) is 6. The molecule has 9 nitrogen and oxygen atoms in total. The number of rotatable bonds is 7. The number of benzene rings is 2. The molecular formula is C24H21F2N5O4S. The fourth-order valence-corrected chi connectivity index (χ4v) is 4.92. The van der Waals surface area contributed by atoms with Crippen LogP contribution >= 0.6 is 0 Å². The summed E-state index contributed by atoms with van der Waals surface area (Å²) < 4.78 is 56.7. The van der Waals surface area contributed by atoms with E-state index in [0.717, 1.165) is 18.2 Å². The minimum Gasteiger partial charge on any atom is -0.384 e. The number of aryl methyl sites for hydroxylation is 1. The lowest BCUT2D eigenvalue weighted by Crippen LogP contribution is -2.28. The predicted molar refractivity (Wildman–Crippen MR) is 131 cm³/mol. The number of fused-ring (bicyclic) bond motifs is 1. The van der Waals surface area contributed by atoms with Gasteiger partial charge in [-0.15, -0.1) is 0 Å². The topological polar surface area (TPSA) is 150 Å². The summed E-state index contributed by atoms with van der Waals surface area (Å²) >= 11 is 0. The molecule has 0 aliphatic rings. The first-order chi connectivity index (χ1) is 17.0. The maximum absolute atomic E-state index is 14.7. The fourth-order valence-electron chi connectivity index (χ4n) is 3.83. The van der Waals surface area contributed by atoms with Gasteiger partial charge in [-0.05, 0) is 55.0 Å². The molecule has 12 heteroatoms. The average molecular weight is 514 g/mol. The molecule has 4 rings (SSSR count). The van der Waals surface area contributed by atoms with Gasteiger partial charge in [0, 0.05) is 18.7 Å². The standard InChI is InChI=1S/C24H21F2N5O4S/c1-2-31-22(27)20(23(28)33)21(32)17-8-7-15(29-24(17)31)10-13-6-9-19(18(26)11-13)30-36(34,35)16-5-3-4-14(25)12-16/h3-9,11-12,30H,2,10,27H2,1H3,(H2,28,33). The molecule has 5 N–H and O–H groups in total. The number of carbonyl (C=O) groups is 1. The number of carbonyl (C=O) groups excluding carboxylic acids is 1. The number of sulfonamides is 1. The van der Waals surface area contributed by atoms with E-state index in [4.69, 9.17) is 11.5 Å². The highest BCUT2D eigenvalue weighted by atomic mass is 32.2. The highest BCUT2D eigenvalue weighted by Crippen LogP contribution is 2.23. The third-order valence-corrected chi connectivity index (χ3v) is 6.90. The molecule has 2 heterocycles. The van der Waals surface area contributed by atoms with E-state index in [-0.39, 0.29) is 39.4 Å². The minimum absolute atomic E-state index is 0.0897. The minimum atomic E-state index is -4.20. The van der Waals surface area contributed by atoms with Gasteiger partial charge in [0.2, 0.25) is 5.43 Å². The number of amides is 1. The molecule has 0 radical (unpaired) electrons. The number of pyridine rings is 2. The number of primary amides is 1. The van der Waals surface area contributed by atoms with E-state index in [1.165, 1.54) is 34.9 Å². The van der Waals surface area contributed by atoms with Crippen LogP contribution < -0.4 is 21.6 Å². The Balaban J connectivity index is 1.65. The predicted octanol–water partition coefficient (Wildman–Crippen LogP) is 2.77. The van der Waals surface area contributed by atoms with Gasteiger partial charge in [0.1, 0.15) is 28.7 Å². The van der Waals surface area contributed by atoms with Crippen LogP contribution in [0.15, 0.2) is 64.3 Å². The third-order valence-electron chi connectivity index (χ3n) is 5.54. The zero-order valence-corrected chi connectivity index (χ0v) is 19.8. The van der Waals surface area contributed by atoms with Crippen molar-refractivity contribution >= 4 is 38.5 Å². The van der Waals surface area contributed by atoms with Crippen molar-refractivity contribution in [3.63, 3.8) is 0 Å². The second kappa shape index (κ2) is 9.38. The summed E-state index contributed by atoms with van der Waals surface area (Å²) in [5, 5.41) is 0.164. The molecule has 2 aromatic heterocycles. The van der Waals surface area contributed by atoms with E-state index in [2.05, 4.69) is 9.71 Å². The summed E-state index contributed by atoms with van der Waals surface area (Å²) in [6.07, 6.45) is 0.152. The molecule has 1 amide bonds. The maximum Gasteiger partial charge on any atom is 0.262 e. The number of nitrogens with one attached hydrogen (secondary N) is 1. The van der Waals surface area contributed by atoms with Gasteiger partial charge in [0.15, 0.2) is 0 Å². The molecule has 0 saturated carbocycles. The molecule has 186 valence electrons. The maximum atomic E-state index is 14.7. The number of aromatic nitrogens is 2. The average Bonchev–Trinajstić information content (AvgIpc) is 2.81. The Morgan fingerprint density at radius 3 is 2.50 bits per heavy atom. The van der Waals surface area contributed by atoms with E-state index in [1.807, 2.05) is 0 Å². The van der Waals surface area contributed by atoms with E-state index < -0.39 is 33.0 Å². The quantitative estimate of drug-likeness (QED) is 0.346. The molecular weight excluding hydrogens is 492 g/mol. The first-order valence-corrected chi connectivity index (χ1v) is 12.2. The summed E-state index contributed by atoms with van der Waals surface area (Å²) in [6, 6.07) is 11.3. The summed E-state index contributed by atoms with van der Waals surface area (Å²) in [6.45, 7) is 2.08. The lowest BCUT2D eigenvalue weighted by atomic mass is 10.1. The SMILES string of the molecule is CCn1c(N)c(C(N)=O)c(=O)c2ccc(Cc3ccc(NS(=O)(=O)c4cccc(F)c4)c(F)c3)nc21. The lowest BCUT2D eigenvalue weighted by molar-refractivity contribution is 0.0999. The molecule has 0 unspecified atom stereocenters. The van der Waals surface area contributed by atoms with E-state index in [1.54, 1.807) is 13.0 Å². The summed E-state index contributed by atoms with van der Waals surface area (Å²) in [5.41, 5.74) is 11.3. The number of nitrogens with zero attached hydrogens (tertiary/aromatic N) is 2. The van der Waals surface area contributed by atoms with Gasteiger partial charge in [-0.3, -0.25) is 14.3 Å². The largest absolute Gasteiger partial charge is 0.384 e. The summed E-state index contributed by atoms with van der Waals surface area (Å²) in [5.74, 6) is -2.60. The highest BCUT2D eigenvalue weighted by Gasteiger charge is 2.20. The van der Waals surface area contributed by atoms with Crippen molar-refractivity contribution in [2.24, 2.45) is 5.73 Å². The van der Waals surface area contributed by atoms with Gasteiger partial charge in [-0.2, -0.15) is 0 Å². The van der Waals surface area contributed by atoms with Crippen LogP contribution in [-0.2, 0) is 23.0 Å². The molecule has 0 aliphatic heterocycles. The van der Waals surface area contributed by atoms with Gasteiger partial charge >= 0.3 is 0 Å². The van der Waals surface area contributed by atoms with Crippen LogP contribution in [0.3, 0.4) is 0 Å². The zero-order valence-electron chi connectivity index (χ0n) is 19.0. The van der Waals surface area contributed by atoms with Crippen molar-refractivity contribution in [3.8, 4) is 0 Å². The lowest BCUT2D eigenvalue weighted by Gasteiger charge is -2.15. The van der Waals surface area contributed by atoms with Crippen molar-refractivity contribution < 1.29 is 22.0 Å². The van der Waals surface area contributed by atoms with E-state index in [9.17, 15) is 26.8 Å². The molecule has 0 aliphatic carbocycles. The first kappa shape index (κ1) is 24.8. The fraction of sp³-hybridized carbons (Fsp3) is 0.125. The Labute approximate surface area is 204 Å². The van der Waals surface area contributed by atoms with Crippen molar-refractivity contribution in [1.29, 1.82) is 0 Å². The van der Waals surface area contributed by atoms with Crippen molar-refractivity contribution in [1.82, 2.24) is 9.55 Å². The van der Waals surface area contributed by atoms with Gasteiger partial charge in [-0.25, -0.2) is 22.2 Å². The normalized spacial score (nSPS) is 11.5. The van der Waals surface area contributed by atoms with Crippen molar-refractivity contribution in [2.75, 3.05) is 10.5 Å². The smallest absolute Gasteiger partial charge is 0.262 e. The highest BCUT2D eigenvalue weighted by molar-refractivity contribution is 7.92. The van der Waals surface area contributed by atoms with Gasteiger partial charge in [0.25, 0.3) is 15.9 Å². The molecule has 0 spiro atoms. The Hall–Kier alpha value is -4.32. The van der Waals surface area contributed by atoms with Crippen molar-refractivity contribution in [2.45, 2.75) is 24.8 Å². The van der Waals surface area contributed by atoms with E-state index in [0.29, 0.717) is 17.8 Å². The number of halogens is 2. The van der Waals surface area contributed by atoms with Gasteiger partial charge in [-0.1, -0.05) is 12.1 Å². The molecule has 0 bridgehead atoms. The molecule has 0 saturated heterocycles. The monoisotopic (exact) mass is 513 g/mol. The molecule has 0 fully saturated rings. The van der Waals surface area contributed by atoms with Gasteiger partial charge in [0.05, 0.1) is 16.0 Å². The van der Waals surface area contributed by atoms with Crippen LogP contribution in [0.4, 0.5) is 20.3 Å². The molecule has 2 aromatic carbocycles. The van der Waals surface area contributed by atoms with Crippen LogP contribution in [0.2, 0.25) is 0 Å². The Bertz CT molecular complexity index is 1690. The van der Waals surface area contributed by atoms with Crippen LogP contribution in [0, 0.1) is 11.6 Å². The van der Waals surface area contributed by atoms with Gasteiger partial charge < -0.3 is 16.0 Å². The van der Waals surface area contributed by atoms with Crippen LogP contribution in [0.25, 0.3) is 11.0 Å². The molecule has 36 heavy (non-hydrogen) atoms. The second-order valence-corrected chi connectivity index (χ2v) is 9.61. The summed E-state index contributed by atoms with van der Waals surface area (Å²) in [4.78, 5) is 28.5. The molecule has 0 atom stereocenters.